The van der Waals surface area contributed by atoms with Crippen molar-refractivity contribution in [3.05, 3.63) is 47.1 Å². The van der Waals surface area contributed by atoms with Gasteiger partial charge in [-0.3, -0.25) is 0 Å². The van der Waals surface area contributed by atoms with E-state index in [0.717, 1.165) is 6.42 Å². The van der Waals surface area contributed by atoms with Crippen molar-refractivity contribution in [3.8, 4) is 0 Å². The second-order valence-corrected chi connectivity index (χ2v) is 13.6. The molecular weight excluding hydrogens is 364 g/mol. The fourth-order valence-electron chi connectivity index (χ4n) is 8.29. The van der Waals surface area contributed by atoms with Gasteiger partial charge in [0.25, 0.3) is 0 Å². The van der Waals surface area contributed by atoms with E-state index >= 15 is 0 Å². The zero-order valence-electron chi connectivity index (χ0n) is 20.4. The fraction of sp³-hybridized carbons (Fsp3) is 0.714. The van der Waals surface area contributed by atoms with E-state index in [9.17, 15) is 0 Å². The van der Waals surface area contributed by atoms with Gasteiger partial charge in [-0.25, -0.2) is 0 Å². The number of hydrogen-bond acceptors (Lipinski definition) is 2. The molecule has 2 heteroatoms. The molecule has 2 bridgehead atoms. The molecule has 0 radical (unpaired) electrons. The van der Waals surface area contributed by atoms with Gasteiger partial charge in [-0.2, -0.15) is 0 Å². The quantitative estimate of drug-likeness (QED) is 0.516. The van der Waals surface area contributed by atoms with Gasteiger partial charge in [-0.05, 0) is 104 Å². The summed E-state index contributed by atoms with van der Waals surface area (Å²) in [5.41, 5.74) is 5.88. The van der Waals surface area contributed by atoms with E-state index in [1.54, 1.807) is 16.7 Å². The molecule has 0 aromatic carbocycles. The standard InChI is InChI=1S/C28H42N2/c1-24(2)13-19(14-25(3,4)29-24)21-9-10-22-23(21)18-11-12-28(22,15-18)20-16-26(5,6)30-27(7,8)17-20/h9-12,16,18,22-23,29-30H,13-15,17H2,1-8H3/t18-,22-,23+,28+/m0/s1. The average molecular weight is 407 g/mol. The molecule has 0 aromatic heterocycles. The molecule has 2 fully saturated rings. The minimum Gasteiger partial charge on any atom is -0.306 e. The first kappa shape index (κ1) is 20.8. The predicted octanol–water partition coefficient (Wildman–Crippen LogP) is 6.08. The molecule has 0 spiro atoms. The van der Waals surface area contributed by atoms with Crippen LogP contribution in [0.1, 0.15) is 81.1 Å². The van der Waals surface area contributed by atoms with Gasteiger partial charge in [0.2, 0.25) is 0 Å². The number of hydrogen-bond donors (Lipinski definition) is 2. The molecule has 0 aromatic rings. The summed E-state index contributed by atoms with van der Waals surface area (Å²) in [6.45, 7) is 18.9. The summed E-state index contributed by atoms with van der Waals surface area (Å²) in [5.74, 6) is 2.04. The number of nitrogens with one attached hydrogen (secondary N) is 2. The van der Waals surface area contributed by atoms with Crippen LogP contribution in [-0.2, 0) is 0 Å². The molecule has 2 nitrogen and oxygen atoms in total. The predicted molar refractivity (Wildman–Crippen MR) is 127 cm³/mol. The van der Waals surface area contributed by atoms with Crippen LogP contribution in [0.15, 0.2) is 47.1 Å². The van der Waals surface area contributed by atoms with Gasteiger partial charge in [0, 0.05) is 27.6 Å². The second-order valence-electron chi connectivity index (χ2n) is 13.6. The molecular formula is C28H42N2. The van der Waals surface area contributed by atoms with E-state index < -0.39 is 0 Å². The highest BCUT2D eigenvalue weighted by molar-refractivity contribution is 5.49. The van der Waals surface area contributed by atoms with Crippen molar-refractivity contribution >= 4 is 0 Å². The number of piperidine rings is 1. The molecule has 1 saturated heterocycles. The SMILES string of the molecule is CC1(C)C=C([C@@]23C=C[C@@H](C2)[C@@H]2C(=C4CC(C)(C)NC(C)(C)C4)C=C[C@@H]23)CC(C)(C)N1. The lowest BCUT2D eigenvalue weighted by Crippen LogP contribution is -2.56. The smallest absolute Gasteiger partial charge is 0.0314 e. The third kappa shape index (κ3) is 3.21. The van der Waals surface area contributed by atoms with Crippen LogP contribution < -0.4 is 10.6 Å². The van der Waals surface area contributed by atoms with E-state index in [-0.39, 0.29) is 27.6 Å². The van der Waals surface area contributed by atoms with E-state index in [2.05, 4.69) is 96.4 Å². The van der Waals surface area contributed by atoms with Crippen LogP contribution in [0.4, 0.5) is 0 Å². The minimum absolute atomic E-state index is 0.0581. The third-order valence-corrected chi connectivity index (χ3v) is 8.32. The summed E-state index contributed by atoms with van der Waals surface area (Å²) in [6, 6.07) is 0. The molecule has 2 heterocycles. The Morgan fingerprint density at radius 1 is 0.800 bits per heavy atom. The number of allylic oxidation sites excluding steroid dienone is 5. The van der Waals surface area contributed by atoms with E-state index in [1.807, 2.05) is 0 Å². The van der Waals surface area contributed by atoms with E-state index in [1.165, 1.54) is 19.3 Å². The van der Waals surface area contributed by atoms with Crippen LogP contribution in [0.2, 0.25) is 0 Å². The van der Waals surface area contributed by atoms with Gasteiger partial charge in [0.05, 0.1) is 0 Å². The molecule has 2 aliphatic heterocycles. The molecule has 5 rings (SSSR count). The fourth-order valence-corrected chi connectivity index (χ4v) is 8.29. The van der Waals surface area contributed by atoms with Gasteiger partial charge in [0.15, 0.2) is 0 Å². The highest BCUT2D eigenvalue weighted by atomic mass is 15.0. The average Bonchev–Trinajstić information content (AvgIpc) is 3.21. The van der Waals surface area contributed by atoms with Crippen molar-refractivity contribution < 1.29 is 0 Å². The Morgan fingerprint density at radius 2 is 1.43 bits per heavy atom. The van der Waals surface area contributed by atoms with Gasteiger partial charge in [-0.1, -0.05) is 41.5 Å². The van der Waals surface area contributed by atoms with Crippen molar-refractivity contribution in [2.45, 2.75) is 103 Å². The first-order chi connectivity index (χ1) is 13.7. The highest BCUT2D eigenvalue weighted by Gasteiger charge is 2.59. The molecule has 3 aliphatic carbocycles. The summed E-state index contributed by atoms with van der Waals surface area (Å²) in [5, 5.41) is 7.71. The maximum atomic E-state index is 3.87. The third-order valence-electron chi connectivity index (χ3n) is 8.32. The summed E-state index contributed by atoms with van der Waals surface area (Å²) in [7, 11) is 0. The molecule has 164 valence electrons. The van der Waals surface area contributed by atoms with Crippen LogP contribution in [-0.4, -0.2) is 22.2 Å². The van der Waals surface area contributed by atoms with Crippen LogP contribution in [0.3, 0.4) is 0 Å². The lowest BCUT2D eigenvalue weighted by atomic mass is 9.64. The Hall–Kier alpha value is -1.12. The topological polar surface area (TPSA) is 24.1 Å². The van der Waals surface area contributed by atoms with Crippen LogP contribution in [0.25, 0.3) is 0 Å². The summed E-state index contributed by atoms with van der Waals surface area (Å²) < 4.78 is 0. The number of fused-ring (bicyclic) bond motifs is 5. The number of rotatable bonds is 1. The second kappa shape index (κ2) is 6.01. The molecule has 2 N–H and O–H groups in total. The lowest BCUT2D eigenvalue weighted by molar-refractivity contribution is 0.219. The molecule has 1 saturated carbocycles. The first-order valence-corrected chi connectivity index (χ1v) is 12.1. The maximum absolute atomic E-state index is 3.87. The summed E-state index contributed by atoms with van der Waals surface area (Å²) >= 11 is 0. The Balaban J connectivity index is 1.53. The van der Waals surface area contributed by atoms with Crippen molar-refractivity contribution in [1.29, 1.82) is 0 Å². The van der Waals surface area contributed by atoms with Gasteiger partial charge in [0.1, 0.15) is 0 Å². The summed E-state index contributed by atoms with van der Waals surface area (Å²) in [6.07, 6.45) is 17.7. The Labute approximate surface area is 184 Å². The zero-order valence-corrected chi connectivity index (χ0v) is 20.4. The van der Waals surface area contributed by atoms with Crippen LogP contribution in [0.5, 0.6) is 0 Å². The molecule has 4 atom stereocenters. The maximum Gasteiger partial charge on any atom is 0.0314 e. The van der Waals surface area contributed by atoms with E-state index in [0.29, 0.717) is 17.8 Å². The van der Waals surface area contributed by atoms with Gasteiger partial charge in [-0.15, -0.1) is 0 Å². The van der Waals surface area contributed by atoms with Gasteiger partial charge < -0.3 is 10.6 Å². The largest absolute Gasteiger partial charge is 0.306 e. The molecule has 0 amide bonds. The Kier molecular flexibility index (Phi) is 4.16. The highest BCUT2D eigenvalue weighted by Crippen LogP contribution is 2.66. The monoisotopic (exact) mass is 406 g/mol. The zero-order chi connectivity index (χ0) is 21.7. The van der Waals surface area contributed by atoms with Crippen molar-refractivity contribution in [1.82, 2.24) is 10.6 Å². The van der Waals surface area contributed by atoms with Crippen molar-refractivity contribution in [2.75, 3.05) is 0 Å². The van der Waals surface area contributed by atoms with Crippen LogP contribution >= 0.6 is 0 Å². The van der Waals surface area contributed by atoms with Crippen molar-refractivity contribution in [3.63, 3.8) is 0 Å². The molecule has 30 heavy (non-hydrogen) atoms. The Bertz CT molecular complexity index is 874. The van der Waals surface area contributed by atoms with Crippen molar-refractivity contribution in [2.24, 2.45) is 23.2 Å². The first-order valence-electron chi connectivity index (χ1n) is 12.1. The minimum atomic E-state index is 0.0581. The van der Waals surface area contributed by atoms with Gasteiger partial charge >= 0.3 is 0 Å². The summed E-state index contributed by atoms with van der Waals surface area (Å²) in [4.78, 5) is 0. The van der Waals surface area contributed by atoms with E-state index in [4.69, 9.17) is 0 Å². The Morgan fingerprint density at radius 3 is 2.07 bits per heavy atom. The lowest BCUT2D eigenvalue weighted by Gasteiger charge is -2.47. The normalized spacial score (nSPS) is 41.9. The molecule has 0 unspecified atom stereocenters. The molecule has 5 aliphatic rings. The van der Waals surface area contributed by atoms with Crippen LogP contribution in [0, 0.1) is 23.2 Å².